The van der Waals surface area contributed by atoms with E-state index in [2.05, 4.69) is 4.90 Å². The Morgan fingerprint density at radius 2 is 1.15 bits per heavy atom. The number of hydrogen-bond acceptors (Lipinski definition) is 4. The van der Waals surface area contributed by atoms with Crippen LogP contribution in [0.1, 0.15) is 21.5 Å². The van der Waals surface area contributed by atoms with E-state index < -0.39 is 5.78 Å². The van der Waals surface area contributed by atoms with E-state index in [9.17, 15) is 14.7 Å². The quantitative estimate of drug-likeness (QED) is 0.230. The summed E-state index contributed by atoms with van der Waals surface area (Å²) in [5.74, 6) is -1.08. The lowest BCUT2D eigenvalue weighted by molar-refractivity contribution is -0.114. The van der Waals surface area contributed by atoms with Crippen LogP contribution >= 0.6 is 0 Å². The number of Topliss-reactive ketones (excluding diaryl/α,β-unsaturated/α-hetero) is 2. The van der Waals surface area contributed by atoms with Crippen LogP contribution in [-0.2, 0) is 11.2 Å². The van der Waals surface area contributed by atoms with Gasteiger partial charge in [-0.1, -0.05) is 60.7 Å². The molecule has 0 saturated carbocycles. The number of aliphatic hydroxyl groups excluding tert-OH is 1. The number of carbonyl (C=O) groups is 2. The Kier molecular flexibility index (Phi) is 5.33. The van der Waals surface area contributed by atoms with Gasteiger partial charge in [-0.25, -0.2) is 0 Å². The minimum Gasteiger partial charge on any atom is -0.506 e. The van der Waals surface area contributed by atoms with Gasteiger partial charge >= 0.3 is 0 Å². The highest BCUT2D eigenvalue weighted by Crippen LogP contribution is 2.35. The van der Waals surface area contributed by atoms with E-state index in [1.165, 1.54) is 0 Å². The maximum absolute atomic E-state index is 12.9. The molecule has 160 valence electrons. The maximum atomic E-state index is 12.9. The first-order valence-electron chi connectivity index (χ1n) is 10.7. The second-order valence-electron chi connectivity index (χ2n) is 7.86. The Morgan fingerprint density at radius 3 is 1.76 bits per heavy atom. The summed E-state index contributed by atoms with van der Waals surface area (Å²) in [6.45, 7) is 0. The Bertz CT molecular complexity index is 1320. The van der Waals surface area contributed by atoms with Crippen LogP contribution in [0.15, 0.2) is 115 Å². The molecule has 0 radical (unpaired) electrons. The second kappa shape index (κ2) is 8.60. The zero-order chi connectivity index (χ0) is 22.8. The molecule has 0 aliphatic heterocycles. The summed E-state index contributed by atoms with van der Waals surface area (Å²) in [7, 11) is 0. The molecule has 1 N–H and O–H groups in total. The summed E-state index contributed by atoms with van der Waals surface area (Å²) in [4.78, 5) is 27.7. The highest BCUT2D eigenvalue weighted by atomic mass is 16.3. The third-order valence-electron chi connectivity index (χ3n) is 5.78. The van der Waals surface area contributed by atoms with Crippen molar-refractivity contribution in [2.75, 3.05) is 4.90 Å². The van der Waals surface area contributed by atoms with E-state index in [0.717, 1.165) is 17.1 Å². The molecule has 0 aromatic heterocycles. The summed E-state index contributed by atoms with van der Waals surface area (Å²) in [5, 5.41) is 10.9. The third kappa shape index (κ3) is 3.83. The number of para-hydroxylation sites is 2. The molecule has 0 unspecified atom stereocenters. The molecule has 33 heavy (non-hydrogen) atoms. The van der Waals surface area contributed by atoms with Crippen molar-refractivity contribution in [3.63, 3.8) is 0 Å². The Labute approximate surface area is 192 Å². The van der Waals surface area contributed by atoms with Crippen LogP contribution in [0.25, 0.3) is 5.76 Å². The van der Waals surface area contributed by atoms with Crippen molar-refractivity contribution < 1.29 is 14.7 Å². The summed E-state index contributed by atoms with van der Waals surface area (Å²) in [5.41, 5.74) is 4.32. The van der Waals surface area contributed by atoms with E-state index >= 15 is 0 Å². The van der Waals surface area contributed by atoms with Crippen LogP contribution in [0, 0.1) is 0 Å². The molecule has 4 aromatic carbocycles. The normalized spacial score (nSPS) is 14.5. The summed E-state index contributed by atoms with van der Waals surface area (Å²) < 4.78 is 0. The monoisotopic (exact) mass is 431 g/mol. The van der Waals surface area contributed by atoms with Crippen LogP contribution in [0.5, 0.6) is 0 Å². The molecule has 1 aliphatic carbocycles. The fraction of sp³-hybridized carbons (Fsp3) is 0.0345. The zero-order valence-electron chi connectivity index (χ0n) is 17.8. The first kappa shape index (κ1) is 20.5. The predicted molar refractivity (Wildman–Crippen MR) is 130 cm³/mol. The molecule has 4 nitrogen and oxygen atoms in total. The number of anilines is 3. The Balaban J connectivity index is 1.54. The van der Waals surface area contributed by atoms with Crippen molar-refractivity contribution in [3.05, 3.63) is 131 Å². The van der Waals surface area contributed by atoms with Crippen molar-refractivity contribution in [3.8, 4) is 0 Å². The van der Waals surface area contributed by atoms with E-state index in [1.807, 2.05) is 72.8 Å². The number of fused-ring (bicyclic) bond motifs is 1. The Morgan fingerprint density at radius 1 is 0.636 bits per heavy atom. The molecule has 0 amide bonds. The van der Waals surface area contributed by atoms with Crippen LogP contribution in [0.4, 0.5) is 17.1 Å². The molecule has 0 heterocycles. The van der Waals surface area contributed by atoms with E-state index in [-0.39, 0.29) is 23.5 Å². The van der Waals surface area contributed by atoms with Crippen molar-refractivity contribution in [2.24, 2.45) is 0 Å². The van der Waals surface area contributed by atoms with Crippen molar-refractivity contribution in [1.82, 2.24) is 0 Å². The first-order chi connectivity index (χ1) is 16.1. The summed E-state index contributed by atoms with van der Waals surface area (Å²) in [6, 6.07) is 34.2. The average molecular weight is 431 g/mol. The lowest BCUT2D eigenvalue weighted by Crippen LogP contribution is -2.24. The number of rotatable bonds is 4. The van der Waals surface area contributed by atoms with Gasteiger partial charge in [0.2, 0.25) is 5.78 Å². The number of allylic oxidation sites excluding steroid dienone is 1. The van der Waals surface area contributed by atoms with Crippen molar-refractivity contribution in [2.45, 2.75) is 6.42 Å². The molecule has 1 aliphatic rings. The average Bonchev–Trinajstić information content (AvgIpc) is 2.86. The Hall–Kier alpha value is -4.44. The first-order valence-corrected chi connectivity index (χ1v) is 10.7. The molecule has 4 heteroatoms. The largest absolute Gasteiger partial charge is 0.506 e. The number of nitrogens with zero attached hydrogens (tertiary/aromatic N) is 1. The smallest absolute Gasteiger partial charge is 0.200 e. The number of aliphatic hydroxyl groups is 1. The van der Waals surface area contributed by atoms with Gasteiger partial charge in [0.15, 0.2) is 5.78 Å². The summed E-state index contributed by atoms with van der Waals surface area (Å²) in [6.07, 6.45) is 0.106. The van der Waals surface area contributed by atoms with E-state index in [1.54, 1.807) is 36.4 Å². The van der Waals surface area contributed by atoms with Crippen molar-refractivity contribution >= 4 is 34.4 Å². The standard InChI is InChI=1S/C29H21NO3/c31-26-19-21-9-7-8-14-25(21)29(33)27(26)28(32)20-15-17-24(18-16-20)30(22-10-3-1-4-11-22)23-12-5-2-6-13-23/h1-18,32H,19H2. The minimum atomic E-state index is -0.432. The van der Waals surface area contributed by atoms with Gasteiger partial charge in [-0.3, -0.25) is 9.59 Å². The zero-order valence-corrected chi connectivity index (χ0v) is 17.8. The molecule has 0 spiro atoms. The molecule has 0 saturated heterocycles. The number of ketones is 2. The number of carbonyl (C=O) groups excluding carboxylic acids is 2. The van der Waals surface area contributed by atoms with Crippen LogP contribution in [0.3, 0.4) is 0 Å². The minimum absolute atomic E-state index is 0.106. The third-order valence-corrected chi connectivity index (χ3v) is 5.78. The summed E-state index contributed by atoms with van der Waals surface area (Å²) >= 11 is 0. The number of benzene rings is 4. The van der Waals surface area contributed by atoms with Gasteiger partial charge in [0.1, 0.15) is 11.3 Å². The fourth-order valence-electron chi connectivity index (χ4n) is 4.17. The molecule has 4 aromatic rings. The maximum Gasteiger partial charge on any atom is 0.200 e. The highest BCUT2D eigenvalue weighted by Gasteiger charge is 2.31. The van der Waals surface area contributed by atoms with Crippen LogP contribution in [-0.4, -0.2) is 16.7 Å². The van der Waals surface area contributed by atoms with Gasteiger partial charge in [-0.15, -0.1) is 0 Å². The molecule has 0 atom stereocenters. The van der Waals surface area contributed by atoms with Gasteiger partial charge in [-0.2, -0.15) is 0 Å². The fourth-order valence-corrected chi connectivity index (χ4v) is 4.17. The lowest BCUT2D eigenvalue weighted by Gasteiger charge is -2.25. The number of hydrogen-bond donors (Lipinski definition) is 1. The van der Waals surface area contributed by atoms with Gasteiger partial charge in [0, 0.05) is 34.6 Å². The molecule has 0 bridgehead atoms. The van der Waals surface area contributed by atoms with E-state index in [4.69, 9.17) is 0 Å². The predicted octanol–water partition coefficient (Wildman–Crippen LogP) is 6.43. The topological polar surface area (TPSA) is 57.6 Å². The van der Waals surface area contributed by atoms with Gasteiger partial charge in [-0.05, 0) is 54.1 Å². The second-order valence-corrected chi connectivity index (χ2v) is 7.86. The molecular formula is C29H21NO3. The van der Waals surface area contributed by atoms with Crippen molar-refractivity contribution in [1.29, 1.82) is 0 Å². The molecular weight excluding hydrogens is 410 g/mol. The highest BCUT2D eigenvalue weighted by molar-refractivity contribution is 6.32. The molecule has 5 rings (SSSR count). The lowest BCUT2D eigenvalue weighted by atomic mass is 9.84. The molecule has 0 fully saturated rings. The van der Waals surface area contributed by atoms with Crippen LogP contribution in [0.2, 0.25) is 0 Å². The van der Waals surface area contributed by atoms with Gasteiger partial charge < -0.3 is 10.0 Å². The van der Waals surface area contributed by atoms with Gasteiger partial charge in [0.25, 0.3) is 0 Å². The van der Waals surface area contributed by atoms with Crippen LogP contribution < -0.4 is 4.90 Å². The van der Waals surface area contributed by atoms with Gasteiger partial charge in [0.05, 0.1) is 0 Å². The van der Waals surface area contributed by atoms with E-state index in [0.29, 0.717) is 16.7 Å². The SMILES string of the molecule is O=C1Cc2ccccc2C(=O)C1=C(O)c1ccc(N(c2ccccc2)c2ccccc2)cc1.